The van der Waals surface area contributed by atoms with Crippen molar-refractivity contribution >= 4 is 17.7 Å². The molecule has 6 heteroatoms. The highest BCUT2D eigenvalue weighted by Gasteiger charge is 2.54. The smallest absolute Gasteiger partial charge is 0.240 e. The molecule has 6 nitrogen and oxygen atoms in total. The zero-order chi connectivity index (χ0) is 14.0. The lowest BCUT2D eigenvalue weighted by Gasteiger charge is -2.53. The van der Waals surface area contributed by atoms with Gasteiger partial charge in [0.1, 0.15) is 6.04 Å². The number of hydrogen-bond acceptors (Lipinski definition) is 3. The van der Waals surface area contributed by atoms with Gasteiger partial charge in [-0.3, -0.25) is 14.4 Å². The van der Waals surface area contributed by atoms with E-state index < -0.39 is 17.9 Å². The molecule has 3 amide bonds. The summed E-state index contributed by atoms with van der Waals surface area (Å²) in [5.41, 5.74) is 10.2. The fraction of sp³-hybridized carbons (Fsp3) is 0.769. The molecule has 1 atom stereocenters. The van der Waals surface area contributed by atoms with Gasteiger partial charge in [-0.1, -0.05) is 19.3 Å². The van der Waals surface area contributed by atoms with Crippen molar-refractivity contribution in [2.45, 2.75) is 51.0 Å². The Morgan fingerprint density at radius 3 is 2.32 bits per heavy atom. The van der Waals surface area contributed by atoms with E-state index in [0.717, 1.165) is 25.7 Å². The summed E-state index contributed by atoms with van der Waals surface area (Å²) in [5.74, 6) is -1.01. The van der Waals surface area contributed by atoms with E-state index in [4.69, 9.17) is 11.5 Å². The van der Waals surface area contributed by atoms with E-state index in [-0.39, 0.29) is 24.2 Å². The molecule has 0 bridgehead atoms. The van der Waals surface area contributed by atoms with E-state index >= 15 is 0 Å². The number of nitrogens with two attached hydrogens (primary N) is 2. The van der Waals surface area contributed by atoms with Crippen LogP contribution in [0, 0.1) is 5.41 Å². The predicted octanol–water partition coefficient (Wildman–Crippen LogP) is -0.102. The maximum atomic E-state index is 12.3. The number of carbonyl (C=O) groups is 3. The molecular weight excluding hydrogens is 246 g/mol. The zero-order valence-corrected chi connectivity index (χ0v) is 11.1. The molecule has 2 rings (SSSR count). The summed E-state index contributed by atoms with van der Waals surface area (Å²) in [6.45, 7) is 0.595. The number of nitrogens with zero attached hydrogens (tertiary/aromatic N) is 1. The summed E-state index contributed by atoms with van der Waals surface area (Å²) < 4.78 is 0. The zero-order valence-electron chi connectivity index (χ0n) is 11.1. The van der Waals surface area contributed by atoms with Crippen LogP contribution in [0.3, 0.4) is 0 Å². The summed E-state index contributed by atoms with van der Waals surface area (Å²) in [4.78, 5) is 36.1. The van der Waals surface area contributed by atoms with Crippen LogP contribution in [-0.4, -0.2) is 35.2 Å². The Hall–Kier alpha value is -1.59. The van der Waals surface area contributed by atoms with Crippen LogP contribution in [-0.2, 0) is 14.4 Å². The average molecular weight is 267 g/mol. The van der Waals surface area contributed by atoms with Gasteiger partial charge in [-0.2, -0.15) is 0 Å². The fourth-order valence-electron chi connectivity index (χ4n) is 3.26. The lowest BCUT2D eigenvalue weighted by atomic mass is 9.67. The van der Waals surface area contributed by atoms with Crippen molar-refractivity contribution in [1.82, 2.24) is 4.90 Å². The second kappa shape index (κ2) is 5.19. The predicted molar refractivity (Wildman–Crippen MR) is 68.6 cm³/mol. The second-order valence-electron chi connectivity index (χ2n) is 5.70. The Labute approximate surface area is 112 Å². The van der Waals surface area contributed by atoms with Crippen molar-refractivity contribution in [3.8, 4) is 0 Å². The van der Waals surface area contributed by atoms with E-state index in [1.165, 1.54) is 11.3 Å². The number of carbonyl (C=O) groups excluding carboxylic acids is 3. The first-order chi connectivity index (χ1) is 8.96. The Kier molecular flexibility index (Phi) is 3.78. The molecule has 0 aromatic heterocycles. The van der Waals surface area contributed by atoms with E-state index in [1.54, 1.807) is 0 Å². The largest absolute Gasteiger partial charge is 0.370 e. The lowest BCUT2D eigenvalue weighted by molar-refractivity contribution is -0.171. The maximum Gasteiger partial charge on any atom is 0.240 e. The molecule has 1 aliphatic carbocycles. The fourth-order valence-corrected chi connectivity index (χ4v) is 3.26. The van der Waals surface area contributed by atoms with Crippen LogP contribution in [0.1, 0.15) is 44.9 Å². The molecule has 4 N–H and O–H groups in total. The minimum Gasteiger partial charge on any atom is -0.370 e. The van der Waals surface area contributed by atoms with Crippen LogP contribution in [0.5, 0.6) is 0 Å². The molecule has 0 aromatic rings. The topological polar surface area (TPSA) is 106 Å². The summed E-state index contributed by atoms with van der Waals surface area (Å²) in [6, 6.07) is -0.687. The average Bonchev–Trinajstić information content (AvgIpc) is 2.38. The Morgan fingerprint density at radius 2 is 1.84 bits per heavy atom. The summed E-state index contributed by atoms with van der Waals surface area (Å²) in [7, 11) is 0. The van der Waals surface area contributed by atoms with Crippen molar-refractivity contribution < 1.29 is 14.4 Å². The first-order valence-electron chi connectivity index (χ1n) is 6.85. The van der Waals surface area contributed by atoms with Gasteiger partial charge in [0.05, 0.1) is 5.41 Å². The maximum absolute atomic E-state index is 12.3. The van der Waals surface area contributed by atoms with E-state index in [2.05, 4.69) is 0 Å². The molecule has 1 heterocycles. The molecule has 1 aliphatic heterocycles. The highest BCUT2D eigenvalue weighted by Crippen LogP contribution is 2.46. The first-order valence-corrected chi connectivity index (χ1v) is 6.85. The third-order valence-corrected chi connectivity index (χ3v) is 4.37. The van der Waals surface area contributed by atoms with Crippen molar-refractivity contribution in [1.29, 1.82) is 0 Å². The molecule has 1 saturated heterocycles. The number of β-lactam (4-membered cyclic amide) rings is 1. The molecule has 2 fully saturated rings. The van der Waals surface area contributed by atoms with Gasteiger partial charge in [0.15, 0.2) is 0 Å². The van der Waals surface area contributed by atoms with Crippen LogP contribution in [0.2, 0.25) is 0 Å². The normalized spacial score (nSPS) is 22.9. The monoisotopic (exact) mass is 267 g/mol. The van der Waals surface area contributed by atoms with Crippen LogP contribution < -0.4 is 11.5 Å². The van der Waals surface area contributed by atoms with Crippen molar-refractivity contribution in [3.63, 3.8) is 0 Å². The molecule has 1 saturated carbocycles. The highest BCUT2D eigenvalue weighted by molar-refractivity contribution is 5.94. The van der Waals surface area contributed by atoms with Crippen LogP contribution >= 0.6 is 0 Å². The van der Waals surface area contributed by atoms with Gasteiger partial charge < -0.3 is 16.4 Å². The van der Waals surface area contributed by atoms with Gasteiger partial charge >= 0.3 is 0 Å². The quantitative estimate of drug-likeness (QED) is 0.679. The molecule has 0 unspecified atom stereocenters. The number of rotatable bonds is 5. The van der Waals surface area contributed by atoms with Gasteiger partial charge in [-0.15, -0.1) is 0 Å². The van der Waals surface area contributed by atoms with Crippen LogP contribution in [0.4, 0.5) is 0 Å². The number of primary amides is 2. The Morgan fingerprint density at radius 1 is 1.21 bits per heavy atom. The molecule has 106 valence electrons. The van der Waals surface area contributed by atoms with E-state index in [1.807, 2.05) is 0 Å². The molecule has 19 heavy (non-hydrogen) atoms. The third-order valence-electron chi connectivity index (χ3n) is 4.37. The van der Waals surface area contributed by atoms with Gasteiger partial charge in [-0.25, -0.2) is 0 Å². The third kappa shape index (κ3) is 2.57. The van der Waals surface area contributed by atoms with Crippen molar-refractivity contribution in [3.05, 3.63) is 0 Å². The first kappa shape index (κ1) is 13.8. The minimum absolute atomic E-state index is 0.0282. The van der Waals surface area contributed by atoms with E-state index in [9.17, 15) is 14.4 Å². The summed E-state index contributed by atoms with van der Waals surface area (Å²) in [5, 5.41) is 0. The second-order valence-corrected chi connectivity index (χ2v) is 5.70. The molecule has 0 aromatic carbocycles. The molecule has 0 radical (unpaired) electrons. The highest BCUT2D eigenvalue weighted by atomic mass is 16.2. The van der Waals surface area contributed by atoms with Crippen molar-refractivity contribution in [2.75, 3.05) is 6.54 Å². The summed E-state index contributed by atoms with van der Waals surface area (Å²) >= 11 is 0. The summed E-state index contributed by atoms with van der Waals surface area (Å²) in [6.07, 6.45) is 5.43. The van der Waals surface area contributed by atoms with Gasteiger partial charge in [0, 0.05) is 13.0 Å². The standard InChI is InChI=1S/C13H21N3O3/c14-10(17)5-4-9(11(15)18)16-8-13(12(16)19)6-2-1-3-7-13/h9H,1-8H2,(H2,14,17)(H2,15,18)/t9-/m0/s1. The Bertz CT molecular complexity index is 402. The molecular formula is C13H21N3O3. The van der Waals surface area contributed by atoms with Gasteiger partial charge in [-0.05, 0) is 19.3 Å². The van der Waals surface area contributed by atoms with Crippen molar-refractivity contribution in [2.24, 2.45) is 16.9 Å². The minimum atomic E-state index is -0.687. The number of likely N-dealkylation sites (tertiary alicyclic amines) is 1. The van der Waals surface area contributed by atoms with Gasteiger partial charge in [0.25, 0.3) is 0 Å². The van der Waals surface area contributed by atoms with E-state index in [0.29, 0.717) is 6.54 Å². The SMILES string of the molecule is NC(=O)CC[C@@H](C(N)=O)N1CC2(CCCCC2)C1=O. The number of amides is 3. The Balaban J connectivity index is 1.99. The lowest BCUT2D eigenvalue weighted by Crippen LogP contribution is -2.67. The van der Waals surface area contributed by atoms with Gasteiger partial charge in [0.2, 0.25) is 17.7 Å². The van der Waals surface area contributed by atoms with Crippen LogP contribution in [0.15, 0.2) is 0 Å². The molecule has 2 aliphatic rings. The van der Waals surface area contributed by atoms with Crippen LogP contribution in [0.25, 0.3) is 0 Å². The number of hydrogen-bond donors (Lipinski definition) is 2. The molecule has 1 spiro atoms.